The molecule has 3 aromatic rings. The maximum Gasteiger partial charge on any atom is 0.208 e. The molecule has 0 saturated carbocycles. The van der Waals surface area contributed by atoms with Crippen LogP contribution >= 0.6 is 0 Å². The summed E-state index contributed by atoms with van der Waals surface area (Å²) in [6.07, 6.45) is 4.23. The standard InChI is InChI=1S/C18H16N.H2O/c1-4-10-16(11-5-1)18(17-12-6-2-7-13-17)19-14-8-3-9-15-19;/h1-15,18H;1H2/q+1;/p-1. The van der Waals surface area contributed by atoms with E-state index < -0.39 is 0 Å². The Morgan fingerprint density at radius 1 is 0.550 bits per heavy atom. The molecule has 0 aliphatic heterocycles. The van der Waals surface area contributed by atoms with Crippen LogP contribution in [0.3, 0.4) is 0 Å². The minimum Gasteiger partial charge on any atom is -0.870 e. The fourth-order valence-electron chi connectivity index (χ4n) is 2.39. The van der Waals surface area contributed by atoms with Crippen LogP contribution in [0.5, 0.6) is 0 Å². The summed E-state index contributed by atoms with van der Waals surface area (Å²) in [5.74, 6) is 0. The summed E-state index contributed by atoms with van der Waals surface area (Å²) in [5, 5.41) is 0. The monoisotopic (exact) mass is 263 g/mol. The van der Waals surface area contributed by atoms with E-state index in [0.29, 0.717) is 0 Å². The number of benzene rings is 2. The number of hydrogen-bond acceptors (Lipinski definition) is 1. The molecule has 2 heteroatoms. The van der Waals surface area contributed by atoms with Crippen molar-refractivity contribution < 1.29 is 10.0 Å². The lowest BCUT2D eigenvalue weighted by atomic mass is 9.98. The second-order valence-corrected chi connectivity index (χ2v) is 4.55. The number of nitrogens with zero attached hydrogens (tertiary/aromatic N) is 1. The highest BCUT2D eigenvalue weighted by atomic mass is 16.0. The Kier molecular flexibility index (Phi) is 4.64. The predicted molar refractivity (Wildman–Crippen MR) is 78.7 cm³/mol. The summed E-state index contributed by atoms with van der Waals surface area (Å²) >= 11 is 0. The first-order chi connectivity index (χ1) is 9.45. The molecule has 20 heavy (non-hydrogen) atoms. The van der Waals surface area contributed by atoms with Gasteiger partial charge in [-0.25, -0.2) is 0 Å². The summed E-state index contributed by atoms with van der Waals surface area (Å²) in [5.41, 5.74) is 2.59. The minimum absolute atomic E-state index is 0. The van der Waals surface area contributed by atoms with Gasteiger partial charge < -0.3 is 5.48 Å². The second kappa shape index (κ2) is 6.64. The van der Waals surface area contributed by atoms with Gasteiger partial charge in [-0.3, -0.25) is 0 Å². The molecule has 1 aromatic heterocycles. The maximum absolute atomic E-state index is 2.24. The van der Waals surface area contributed by atoms with Crippen LogP contribution in [-0.2, 0) is 0 Å². The fourth-order valence-corrected chi connectivity index (χ4v) is 2.39. The lowest BCUT2D eigenvalue weighted by molar-refractivity contribution is -0.704. The highest BCUT2D eigenvalue weighted by Gasteiger charge is 2.22. The van der Waals surface area contributed by atoms with E-state index in [-0.39, 0.29) is 11.5 Å². The van der Waals surface area contributed by atoms with Gasteiger partial charge in [-0.15, -0.1) is 0 Å². The van der Waals surface area contributed by atoms with Gasteiger partial charge in [0.15, 0.2) is 12.4 Å². The Morgan fingerprint density at radius 3 is 1.40 bits per heavy atom. The van der Waals surface area contributed by atoms with Crippen LogP contribution in [0.2, 0.25) is 0 Å². The third-order valence-corrected chi connectivity index (χ3v) is 3.27. The van der Waals surface area contributed by atoms with Crippen molar-refractivity contribution in [2.75, 3.05) is 0 Å². The molecule has 1 N–H and O–H groups in total. The van der Waals surface area contributed by atoms with E-state index >= 15 is 0 Å². The number of pyridine rings is 1. The molecular formula is C18H17NO. The Bertz CT molecular complexity index is 529. The molecule has 0 radical (unpaired) electrons. The summed E-state index contributed by atoms with van der Waals surface area (Å²) in [7, 11) is 0. The van der Waals surface area contributed by atoms with Crippen molar-refractivity contribution in [1.29, 1.82) is 0 Å². The van der Waals surface area contributed by atoms with Gasteiger partial charge in [-0.05, 0) is 0 Å². The van der Waals surface area contributed by atoms with Gasteiger partial charge in [0.2, 0.25) is 6.04 Å². The summed E-state index contributed by atoms with van der Waals surface area (Å²) in [6, 6.07) is 27.6. The first-order valence-electron chi connectivity index (χ1n) is 6.51. The molecule has 3 rings (SSSR count). The highest BCUT2D eigenvalue weighted by molar-refractivity contribution is 5.29. The Hall–Kier alpha value is -2.45. The van der Waals surface area contributed by atoms with Crippen LogP contribution in [0.15, 0.2) is 91.3 Å². The third-order valence-electron chi connectivity index (χ3n) is 3.27. The summed E-state index contributed by atoms with van der Waals surface area (Å²) < 4.78 is 2.24. The minimum atomic E-state index is 0. The van der Waals surface area contributed by atoms with E-state index in [0.717, 1.165) is 0 Å². The highest BCUT2D eigenvalue weighted by Crippen LogP contribution is 2.20. The van der Waals surface area contributed by atoms with E-state index in [1.807, 2.05) is 6.07 Å². The van der Waals surface area contributed by atoms with E-state index in [1.54, 1.807) is 0 Å². The van der Waals surface area contributed by atoms with Gasteiger partial charge in [0.1, 0.15) is 0 Å². The van der Waals surface area contributed by atoms with Gasteiger partial charge in [-0.1, -0.05) is 66.7 Å². The van der Waals surface area contributed by atoms with Crippen LogP contribution in [0.1, 0.15) is 17.2 Å². The molecule has 1 heterocycles. The van der Waals surface area contributed by atoms with Crippen molar-refractivity contribution >= 4 is 0 Å². The van der Waals surface area contributed by atoms with Gasteiger partial charge in [0.05, 0.1) is 0 Å². The molecule has 0 fully saturated rings. The van der Waals surface area contributed by atoms with E-state index in [4.69, 9.17) is 0 Å². The molecule has 0 bridgehead atoms. The molecule has 2 nitrogen and oxygen atoms in total. The largest absolute Gasteiger partial charge is 0.870 e. The average Bonchev–Trinajstić information content (AvgIpc) is 2.51. The SMILES string of the molecule is [OH-].c1ccc(C(c2ccccc2)[n+]2ccccc2)cc1. The fraction of sp³-hybridized carbons (Fsp3) is 0.0556. The maximum atomic E-state index is 2.24. The van der Waals surface area contributed by atoms with Crippen LogP contribution in [0.25, 0.3) is 0 Å². The van der Waals surface area contributed by atoms with E-state index in [9.17, 15) is 0 Å². The predicted octanol–water partition coefficient (Wildman–Crippen LogP) is 3.44. The second-order valence-electron chi connectivity index (χ2n) is 4.55. The zero-order chi connectivity index (χ0) is 12.9. The molecule has 0 saturated heterocycles. The van der Waals surface area contributed by atoms with Crippen molar-refractivity contribution in [3.8, 4) is 0 Å². The molecule has 100 valence electrons. The van der Waals surface area contributed by atoms with Crippen molar-refractivity contribution in [3.05, 3.63) is 102 Å². The Labute approximate surface area is 119 Å². The molecule has 0 aliphatic rings. The van der Waals surface area contributed by atoms with E-state index in [2.05, 4.69) is 89.8 Å². The topological polar surface area (TPSA) is 33.9 Å². The summed E-state index contributed by atoms with van der Waals surface area (Å²) in [4.78, 5) is 0. The molecular weight excluding hydrogens is 246 g/mol. The van der Waals surface area contributed by atoms with Crippen molar-refractivity contribution in [3.63, 3.8) is 0 Å². The van der Waals surface area contributed by atoms with Crippen molar-refractivity contribution in [2.45, 2.75) is 6.04 Å². The van der Waals surface area contributed by atoms with Gasteiger partial charge in [0.25, 0.3) is 0 Å². The average molecular weight is 263 g/mol. The van der Waals surface area contributed by atoms with Crippen LogP contribution in [0.4, 0.5) is 0 Å². The van der Waals surface area contributed by atoms with Crippen molar-refractivity contribution in [2.24, 2.45) is 0 Å². The van der Waals surface area contributed by atoms with Gasteiger partial charge in [-0.2, -0.15) is 4.57 Å². The Balaban J connectivity index is 0.00000147. The van der Waals surface area contributed by atoms with Gasteiger partial charge >= 0.3 is 0 Å². The van der Waals surface area contributed by atoms with Crippen LogP contribution in [0, 0.1) is 0 Å². The molecule has 0 aliphatic carbocycles. The first-order valence-corrected chi connectivity index (χ1v) is 6.51. The quantitative estimate of drug-likeness (QED) is 0.666. The molecule has 2 aromatic carbocycles. The van der Waals surface area contributed by atoms with Crippen LogP contribution in [-0.4, -0.2) is 5.48 Å². The molecule has 0 unspecified atom stereocenters. The third kappa shape index (κ3) is 2.92. The smallest absolute Gasteiger partial charge is 0.208 e. The first kappa shape index (κ1) is 14.0. The lowest BCUT2D eigenvalue weighted by Crippen LogP contribution is -2.39. The normalized spacial score (nSPS) is 10.1. The van der Waals surface area contributed by atoms with E-state index in [1.165, 1.54) is 11.1 Å². The zero-order valence-corrected chi connectivity index (χ0v) is 11.1. The molecule has 0 amide bonds. The Morgan fingerprint density at radius 2 is 0.950 bits per heavy atom. The molecule has 0 spiro atoms. The van der Waals surface area contributed by atoms with Crippen molar-refractivity contribution in [1.82, 2.24) is 0 Å². The lowest BCUT2D eigenvalue weighted by Gasteiger charge is -2.13. The number of rotatable bonds is 3. The van der Waals surface area contributed by atoms with Gasteiger partial charge in [0, 0.05) is 23.3 Å². The zero-order valence-electron chi connectivity index (χ0n) is 11.1. The number of hydrogen-bond donors (Lipinski definition) is 0. The van der Waals surface area contributed by atoms with Crippen LogP contribution < -0.4 is 4.57 Å². The summed E-state index contributed by atoms with van der Waals surface area (Å²) in [6.45, 7) is 0. The molecule has 0 atom stereocenters. The number of aromatic nitrogens is 1.